The Hall–Kier alpha value is -2.15. The Kier molecular flexibility index (Phi) is 3.66. The zero-order valence-corrected chi connectivity index (χ0v) is 11.1. The molecule has 0 radical (unpaired) electrons. The molecule has 0 fully saturated rings. The molecule has 19 heavy (non-hydrogen) atoms. The average molecular weight is 279 g/mol. The van der Waals surface area contributed by atoms with E-state index in [2.05, 4.69) is 15.3 Å². The van der Waals surface area contributed by atoms with E-state index in [1.807, 2.05) is 0 Å². The first kappa shape index (κ1) is 13.3. The molecule has 0 spiro atoms. The number of aromatic nitrogens is 2. The lowest BCUT2D eigenvalue weighted by molar-refractivity contribution is 0.602. The molecule has 2 rings (SSSR count). The van der Waals surface area contributed by atoms with Gasteiger partial charge in [-0.1, -0.05) is 12.1 Å². The van der Waals surface area contributed by atoms with Gasteiger partial charge in [0.05, 0.1) is 4.90 Å². The van der Waals surface area contributed by atoms with Crippen LogP contribution in [0.5, 0.6) is 0 Å². The summed E-state index contributed by atoms with van der Waals surface area (Å²) in [5.41, 5.74) is 0.563. The largest absolute Gasteiger partial charge is 0.361 e. The van der Waals surface area contributed by atoms with Crippen molar-refractivity contribution in [2.24, 2.45) is 0 Å². The lowest BCUT2D eigenvalue weighted by Gasteiger charge is -2.05. The first-order chi connectivity index (χ1) is 8.97. The minimum atomic E-state index is -3.18. The van der Waals surface area contributed by atoms with Gasteiger partial charge in [-0.2, -0.15) is 0 Å². The molecule has 100 valence electrons. The zero-order valence-electron chi connectivity index (χ0n) is 10.3. The van der Waals surface area contributed by atoms with Crippen molar-refractivity contribution in [3.05, 3.63) is 52.6 Å². The van der Waals surface area contributed by atoms with Crippen molar-refractivity contribution in [3.8, 4) is 0 Å². The number of aromatic amines is 1. The molecule has 1 heterocycles. The van der Waals surface area contributed by atoms with Gasteiger partial charge in [0.15, 0.2) is 15.7 Å². The molecule has 0 saturated carbocycles. The predicted molar refractivity (Wildman–Crippen MR) is 71.7 cm³/mol. The summed E-state index contributed by atoms with van der Waals surface area (Å²) in [6, 6.07) is 6.46. The number of nitrogens with one attached hydrogen (secondary N) is 2. The van der Waals surface area contributed by atoms with Gasteiger partial charge in [0.1, 0.15) is 0 Å². The maximum absolute atomic E-state index is 11.4. The van der Waals surface area contributed by atoms with E-state index in [1.54, 1.807) is 12.1 Å². The van der Waals surface area contributed by atoms with E-state index in [-0.39, 0.29) is 16.3 Å². The molecule has 0 atom stereocenters. The van der Waals surface area contributed by atoms with Crippen molar-refractivity contribution in [1.29, 1.82) is 0 Å². The van der Waals surface area contributed by atoms with Gasteiger partial charge in [0.25, 0.3) is 5.56 Å². The topological polar surface area (TPSA) is 91.9 Å². The second kappa shape index (κ2) is 5.23. The van der Waals surface area contributed by atoms with Crippen molar-refractivity contribution in [2.75, 3.05) is 11.6 Å². The van der Waals surface area contributed by atoms with E-state index in [9.17, 15) is 13.2 Å². The van der Waals surface area contributed by atoms with Crippen LogP contribution in [0, 0.1) is 0 Å². The normalized spacial score (nSPS) is 11.2. The van der Waals surface area contributed by atoms with Crippen molar-refractivity contribution in [3.63, 3.8) is 0 Å². The molecule has 0 bridgehead atoms. The summed E-state index contributed by atoms with van der Waals surface area (Å²) in [6.45, 7) is 0.393. The second-order valence-electron chi connectivity index (χ2n) is 4.04. The molecule has 0 amide bonds. The highest BCUT2D eigenvalue weighted by molar-refractivity contribution is 7.90. The highest BCUT2D eigenvalue weighted by Gasteiger charge is 2.06. The van der Waals surface area contributed by atoms with E-state index in [4.69, 9.17) is 0 Å². The number of rotatable bonds is 4. The SMILES string of the molecule is CS(=O)(=O)c1ccc(CNc2ncc[nH]c2=O)cc1. The summed E-state index contributed by atoms with van der Waals surface area (Å²) in [6.07, 6.45) is 4.10. The minimum Gasteiger partial charge on any atom is -0.361 e. The van der Waals surface area contributed by atoms with Crippen molar-refractivity contribution < 1.29 is 8.42 Å². The lowest BCUT2D eigenvalue weighted by Crippen LogP contribution is -2.15. The third-order valence-corrected chi connectivity index (χ3v) is 3.65. The lowest BCUT2D eigenvalue weighted by atomic mass is 10.2. The van der Waals surface area contributed by atoms with E-state index in [0.29, 0.717) is 6.54 Å². The van der Waals surface area contributed by atoms with Crippen LogP contribution in [0.3, 0.4) is 0 Å². The first-order valence-electron chi connectivity index (χ1n) is 5.53. The standard InChI is InChI=1S/C12H13N3O3S/c1-19(17,18)10-4-2-9(3-5-10)8-15-11-12(16)14-7-6-13-11/h2-7H,8H2,1H3,(H,13,15)(H,14,16). The van der Waals surface area contributed by atoms with Gasteiger partial charge in [0, 0.05) is 25.2 Å². The Bertz CT molecular complexity index is 720. The van der Waals surface area contributed by atoms with Crippen molar-refractivity contribution in [2.45, 2.75) is 11.4 Å². The summed E-state index contributed by atoms with van der Waals surface area (Å²) in [7, 11) is -3.18. The van der Waals surface area contributed by atoms with Crippen LogP contribution >= 0.6 is 0 Å². The first-order valence-corrected chi connectivity index (χ1v) is 7.42. The summed E-state index contributed by atoms with van der Waals surface area (Å²) >= 11 is 0. The number of H-pyrrole nitrogens is 1. The second-order valence-corrected chi connectivity index (χ2v) is 6.05. The van der Waals surface area contributed by atoms with Gasteiger partial charge in [-0.05, 0) is 17.7 Å². The Labute approximate surface area is 110 Å². The summed E-state index contributed by atoms with van der Waals surface area (Å²) in [5.74, 6) is 0.231. The van der Waals surface area contributed by atoms with E-state index < -0.39 is 9.84 Å². The van der Waals surface area contributed by atoms with Crippen LogP contribution in [0.1, 0.15) is 5.56 Å². The fourth-order valence-corrected chi connectivity index (χ4v) is 2.15. The van der Waals surface area contributed by atoms with Crippen LogP contribution in [0.2, 0.25) is 0 Å². The van der Waals surface area contributed by atoms with Crippen molar-refractivity contribution in [1.82, 2.24) is 9.97 Å². The average Bonchev–Trinajstić information content (AvgIpc) is 2.37. The third-order valence-electron chi connectivity index (χ3n) is 2.52. The Balaban J connectivity index is 2.09. The molecule has 0 unspecified atom stereocenters. The van der Waals surface area contributed by atoms with Gasteiger partial charge in [0.2, 0.25) is 0 Å². The number of sulfone groups is 1. The summed E-state index contributed by atoms with van der Waals surface area (Å²) in [5, 5.41) is 2.88. The molecule has 0 saturated heterocycles. The molecule has 0 aliphatic rings. The Morgan fingerprint density at radius 1 is 1.26 bits per heavy atom. The maximum atomic E-state index is 11.4. The Morgan fingerprint density at radius 3 is 2.53 bits per heavy atom. The molecule has 0 aliphatic heterocycles. The quantitative estimate of drug-likeness (QED) is 0.863. The van der Waals surface area contributed by atoms with Gasteiger partial charge in [-0.15, -0.1) is 0 Å². The highest BCUT2D eigenvalue weighted by atomic mass is 32.2. The number of hydrogen-bond acceptors (Lipinski definition) is 5. The van der Waals surface area contributed by atoms with Crippen LogP contribution in [0.25, 0.3) is 0 Å². The van der Waals surface area contributed by atoms with E-state index >= 15 is 0 Å². The molecular weight excluding hydrogens is 266 g/mol. The van der Waals surface area contributed by atoms with Crippen LogP contribution in [-0.4, -0.2) is 24.6 Å². The molecule has 7 heteroatoms. The fourth-order valence-electron chi connectivity index (χ4n) is 1.52. The van der Waals surface area contributed by atoms with Crippen LogP contribution < -0.4 is 10.9 Å². The smallest absolute Gasteiger partial charge is 0.290 e. The summed E-state index contributed by atoms with van der Waals surface area (Å²) < 4.78 is 22.6. The zero-order chi connectivity index (χ0) is 13.9. The number of anilines is 1. The number of hydrogen-bond donors (Lipinski definition) is 2. The minimum absolute atomic E-state index is 0.231. The molecule has 1 aromatic heterocycles. The molecule has 2 aromatic rings. The number of nitrogens with zero attached hydrogens (tertiary/aromatic N) is 1. The van der Waals surface area contributed by atoms with Crippen molar-refractivity contribution >= 4 is 15.7 Å². The van der Waals surface area contributed by atoms with E-state index in [1.165, 1.54) is 24.5 Å². The van der Waals surface area contributed by atoms with Crippen LogP contribution in [-0.2, 0) is 16.4 Å². The highest BCUT2D eigenvalue weighted by Crippen LogP contribution is 2.10. The summed E-state index contributed by atoms with van der Waals surface area (Å²) in [4.78, 5) is 18.0. The maximum Gasteiger partial charge on any atom is 0.290 e. The molecular formula is C12H13N3O3S. The van der Waals surface area contributed by atoms with E-state index in [0.717, 1.165) is 11.8 Å². The predicted octanol–water partition coefficient (Wildman–Crippen LogP) is 0.786. The number of benzene rings is 1. The van der Waals surface area contributed by atoms with Gasteiger partial charge in [-0.25, -0.2) is 13.4 Å². The van der Waals surface area contributed by atoms with Gasteiger partial charge < -0.3 is 10.3 Å². The van der Waals surface area contributed by atoms with Gasteiger partial charge >= 0.3 is 0 Å². The third kappa shape index (κ3) is 3.41. The Morgan fingerprint density at radius 2 is 1.95 bits per heavy atom. The van der Waals surface area contributed by atoms with Crippen LogP contribution in [0.4, 0.5) is 5.82 Å². The molecule has 1 aromatic carbocycles. The molecule has 0 aliphatic carbocycles. The van der Waals surface area contributed by atoms with Gasteiger partial charge in [-0.3, -0.25) is 4.79 Å². The van der Waals surface area contributed by atoms with Crippen LogP contribution in [0.15, 0.2) is 46.3 Å². The molecule has 6 nitrogen and oxygen atoms in total. The fraction of sp³-hybridized carbons (Fsp3) is 0.167. The molecule has 2 N–H and O–H groups in total. The monoisotopic (exact) mass is 279 g/mol.